The molecule has 0 radical (unpaired) electrons. The van der Waals surface area contributed by atoms with Crippen LogP contribution < -0.4 is 10.1 Å². The number of thiophene rings is 1. The van der Waals surface area contributed by atoms with Crippen molar-refractivity contribution < 1.29 is 14.6 Å². The van der Waals surface area contributed by atoms with Crippen molar-refractivity contribution in [2.24, 2.45) is 5.92 Å². The molecule has 128 valence electrons. The standard InChI is InChI=1S/C18H22N2O3S/c1-23-17-5-3-13(10-19-17)18(14-8-15(21)9-14)20-16(22)4-2-12-6-7-24-11-12/h3,5-7,10-11,14-15,18,21H,2,4,8-9H2,1H3,(H,20,22)/t14?,15?,18-/m1/s1. The van der Waals surface area contributed by atoms with Crippen molar-refractivity contribution in [3.63, 3.8) is 0 Å². The van der Waals surface area contributed by atoms with Crippen LogP contribution in [0.3, 0.4) is 0 Å². The van der Waals surface area contributed by atoms with Crippen LogP contribution in [0.15, 0.2) is 35.2 Å². The van der Waals surface area contributed by atoms with E-state index in [1.165, 1.54) is 5.56 Å². The number of pyridine rings is 1. The summed E-state index contributed by atoms with van der Waals surface area (Å²) < 4.78 is 5.09. The summed E-state index contributed by atoms with van der Waals surface area (Å²) in [4.78, 5) is 16.6. The molecular weight excluding hydrogens is 324 g/mol. The third kappa shape index (κ3) is 4.13. The summed E-state index contributed by atoms with van der Waals surface area (Å²) in [7, 11) is 1.58. The highest BCUT2D eigenvalue weighted by Gasteiger charge is 2.35. The second kappa shape index (κ2) is 7.77. The Balaban J connectivity index is 1.64. The van der Waals surface area contributed by atoms with Crippen molar-refractivity contribution in [2.45, 2.75) is 37.8 Å². The lowest BCUT2D eigenvalue weighted by Crippen LogP contribution is -2.41. The molecule has 6 heteroatoms. The Bertz CT molecular complexity index is 651. The lowest BCUT2D eigenvalue weighted by Gasteiger charge is -2.38. The maximum Gasteiger partial charge on any atom is 0.220 e. The second-order valence-electron chi connectivity index (χ2n) is 6.20. The van der Waals surface area contributed by atoms with Gasteiger partial charge in [-0.3, -0.25) is 4.79 Å². The zero-order chi connectivity index (χ0) is 16.9. The Morgan fingerprint density at radius 1 is 1.46 bits per heavy atom. The molecular formula is C18H22N2O3S. The van der Waals surface area contributed by atoms with Crippen molar-refractivity contribution in [3.05, 3.63) is 46.3 Å². The fraction of sp³-hybridized carbons (Fsp3) is 0.444. The zero-order valence-corrected chi connectivity index (χ0v) is 14.5. The highest BCUT2D eigenvalue weighted by molar-refractivity contribution is 7.07. The van der Waals surface area contributed by atoms with Crippen LogP contribution in [-0.2, 0) is 11.2 Å². The molecule has 0 saturated heterocycles. The Kier molecular flexibility index (Phi) is 5.48. The molecule has 0 bridgehead atoms. The second-order valence-corrected chi connectivity index (χ2v) is 6.98. The topological polar surface area (TPSA) is 71.5 Å². The molecule has 3 rings (SSSR count). The summed E-state index contributed by atoms with van der Waals surface area (Å²) in [6.45, 7) is 0. The number of ether oxygens (including phenoxy) is 1. The summed E-state index contributed by atoms with van der Waals surface area (Å²) >= 11 is 1.64. The summed E-state index contributed by atoms with van der Waals surface area (Å²) in [5.41, 5.74) is 2.15. The molecule has 5 nitrogen and oxygen atoms in total. The first kappa shape index (κ1) is 16.9. The molecule has 2 aromatic heterocycles. The number of rotatable bonds is 7. The Hall–Kier alpha value is -1.92. The van der Waals surface area contributed by atoms with Crippen LogP contribution in [0, 0.1) is 5.92 Å². The van der Waals surface area contributed by atoms with Gasteiger partial charge in [0.2, 0.25) is 11.8 Å². The van der Waals surface area contributed by atoms with E-state index in [1.807, 2.05) is 17.5 Å². The number of nitrogens with one attached hydrogen (secondary N) is 1. The van der Waals surface area contributed by atoms with Gasteiger partial charge in [0.1, 0.15) is 0 Å². The van der Waals surface area contributed by atoms with Gasteiger partial charge in [0.05, 0.1) is 19.3 Å². The first-order valence-electron chi connectivity index (χ1n) is 8.14. The van der Waals surface area contributed by atoms with E-state index < -0.39 is 0 Å². The van der Waals surface area contributed by atoms with Gasteiger partial charge in [-0.25, -0.2) is 4.98 Å². The average Bonchev–Trinajstić information content (AvgIpc) is 3.09. The van der Waals surface area contributed by atoms with Gasteiger partial charge in [-0.05, 0) is 53.1 Å². The van der Waals surface area contributed by atoms with Crippen molar-refractivity contribution in [1.82, 2.24) is 10.3 Å². The normalized spacial score (nSPS) is 20.9. The number of hydrogen-bond donors (Lipinski definition) is 2. The van der Waals surface area contributed by atoms with Gasteiger partial charge in [-0.1, -0.05) is 6.07 Å². The Morgan fingerprint density at radius 2 is 2.29 bits per heavy atom. The van der Waals surface area contributed by atoms with E-state index in [9.17, 15) is 9.90 Å². The largest absolute Gasteiger partial charge is 0.481 e. The van der Waals surface area contributed by atoms with Crippen molar-refractivity contribution >= 4 is 17.2 Å². The monoisotopic (exact) mass is 346 g/mol. The average molecular weight is 346 g/mol. The summed E-state index contributed by atoms with van der Waals surface area (Å²) in [6.07, 6.45) is 4.12. The minimum Gasteiger partial charge on any atom is -0.481 e. The van der Waals surface area contributed by atoms with Gasteiger partial charge in [0.25, 0.3) is 0 Å². The highest BCUT2D eigenvalue weighted by Crippen LogP contribution is 2.38. The van der Waals surface area contributed by atoms with Crippen LogP contribution >= 0.6 is 11.3 Å². The van der Waals surface area contributed by atoms with Gasteiger partial charge < -0.3 is 15.2 Å². The fourth-order valence-corrected chi connectivity index (χ4v) is 3.71. The highest BCUT2D eigenvalue weighted by atomic mass is 32.1. The predicted molar refractivity (Wildman–Crippen MR) is 93.0 cm³/mol. The van der Waals surface area contributed by atoms with E-state index in [1.54, 1.807) is 30.7 Å². The number of hydrogen-bond acceptors (Lipinski definition) is 5. The molecule has 0 unspecified atom stereocenters. The van der Waals surface area contributed by atoms with Crippen LogP contribution in [0.2, 0.25) is 0 Å². The maximum absolute atomic E-state index is 12.4. The number of aromatic nitrogens is 1. The Morgan fingerprint density at radius 3 is 2.88 bits per heavy atom. The minimum absolute atomic E-state index is 0.0309. The molecule has 2 heterocycles. The van der Waals surface area contributed by atoms with E-state index in [0.29, 0.717) is 25.1 Å². The van der Waals surface area contributed by atoms with Gasteiger partial charge >= 0.3 is 0 Å². The molecule has 24 heavy (non-hydrogen) atoms. The molecule has 0 aromatic carbocycles. The van der Waals surface area contributed by atoms with Crippen molar-refractivity contribution in [3.8, 4) is 5.88 Å². The smallest absolute Gasteiger partial charge is 0.220 e. The number of aliphatic hydroxyl groups is 1. The number of carbonyl (C=O) groups is 1. The van der Waals surface area contributed by atoms with Gasteiger partial charge in [0.15, 0.2) is 0 Å². The number of amides is 1. The summed E-state index contributed by atoms with van der Waals surface area (Å²) in [6, 6.07) is 5.67. The SMILES string of the molecule is COc1ccc([C@@H](NC(=O)CCc2ccsc2)C2CC(O)C2)cn1. The number of aliphatic hydroxyl groups excluding tert-OH is 1. The van der Waals surface area contributed by atoms with Crippen molar-refractivity contribution in [2.75, 3.05) is 7.11 Å². The molecule has 1 aliphatic rings. The number of aryl methyl sites for hydroxylation is 1. The van der Waals surface area contributed by atoms with E-state index in [0.717, 1.165) is 12.0 Å². The third-order valence-corrected chi connectivity index (χ3v) is 5.22. The molecule has 2 aromatic rings. The number of nitrogens with zero attached hydrogens (tertiary/aromatic N) is 1. The van der Waals surface area contributed by atoms with Gasteiger partial charge in [-0.2, -0.15) is 11.3 Å². The van der Waals surface area contributed by atoms with Gasteiger partial charge in [0, 0.05) is 18.7 Å². The van der Waals surface area contributed by atoms with E-state index in [2.05, 4.69) is 15.7 Å². The van der Waals surface area contributed by atoms with Crippen LogP contribution in [0.25, 0.3) is 0 Å². The van der Waals surface area contributed by atoms with Crippen LogP contribution in [0.1, 0.15) is 36.4 Å². The maximum atomic E-state index is 12.4. The lowest BCUT2D eigenvalue weighted by molar-refractivity contribution is -0.123. The Labute approximate surface area is 145 Å². The molecule has 1 amide bonds. The van der Waals surface area contributed by atoms with Gasteiger partial charge in [-0.15, -0.1) is 0 Å². The molecule has 0 aliphatic heterocycles. The third-order valence-electron chi connectivity index (χ3n) is 4.49. The molecule has 1 saturated carbocycles. The molecule has 0 spiro atoms. The quantitative estimate of drug-likeness (QED) is 0.809. The van der Waals surface area contributed by atoms with E-state index in [-0.39, 0.29) is 24.0 Å². The first-order valence-corrected chi connectivity index (χ1v) is 9.08. The predicted octanol–water partition coefficient (Wildman–Crippen LogP) is 2.71. The zero-order valence-electron chi connectivity index (χ0n) is 13.6. The summed E-state index contributed by atoms with van der Waals surface area (Å²) in [5.74, 6) is 0.832. The lowest BCUT2D eigenvalue weighted by atomic mass is 9.75. The van der Waals surface area contributed by atoms with E-state index >= 15 is 0 Å². The molecule has 1 atom stereocenters. The van der Waals surface area contributed by atoms with Crippen LogP contribution in [0.5, 0.6) is 5.88 Å². The first-order chi connectivity index (χ1) is 11.7. The van der Waals surface area contributed by atoms with Crippen molar-refractivity contribution in [1.29, 1.82) is 0 Å². The van der Waals surface area contributed by atoms with Crippen LogP contribution in [-0.4, -0.2) is 29.2 Å². The number of carbonyl (C=O) groups excluding carboxylic acids is 1. The van der Waals surface area contributed by atoms with E-state index in [4.69, 9.17) is 4.74 Å². The number of methoxy groups -OCH3 is 1. The van der Waals surface area contributed by atoms with Crippen LogP contribution in [0.4, 0.5) is 0 Å². The molecule has 1 aliphatic carbocycles. The molecule has 2 N–H and O–H groups in total. The minimum atomic E-state index is -0.258. The molecule has 1 fully saturated rings. The summed E-state index contributed by atoms with van der Waals surface area (Å²) in [5, 5.41) is 16.8. The fourth-order valence-electron chi connectivity index (χ4n) is 3.01.